The Kier molecular flexibility index (Phi) is 4.43. The van der Waals surface area contributed by atoms with Crippen molar-refractivity contribution in [2.24, 2.45) is 7.05 Å². The van der Waals surface area contributed by atoms with Crippen LogP contribution in [0.3, 0.4) is 0 Å². The summed E-state index contributed by atoms with van der Waals surface area (Å²) in [4.78, 5) is 14.3. The summed E-state index contributed by atoms with van der Waals surface area (Å²) in [6, 6.07) is 7.22. The molecule has 0 unspecified atom stereocenters. The zero-order valence-electron chi connectivity index (χ0n) is 13.2. The van der Waals surface area contributed by atoms with Crippen LogP contribution in [0.25, 0.3) is 0 Å². The maximum Gasteiger partial charge on any atom is 0.236 e. The molecule has 1 aliphatic rings. The molecule has 122 valence electrons. The highest BCUT2D eigenvalue weighted by Gasteiger charge is 2.25. The molecule has 0 aliphatic carbocycles. The minimum atomic E-state index is -0.0623. The second kappa shape index (κ2) is 6.50. The Morgan fingerprint density at radius 3 is 3.00 bits per heavy atom. The van der Waals surface area contributed by atoms with E-state index < -0.39 is 0 Å². The summed E-state index contributed by atoms with van der Waals surface area (Å²) in [5, 5.41) is 7.76. The van der Waals surface area contributed by atoms with Crippen molar-refractivity contribution in [2.45, 2.75) is 13.3 Å². The number of para-hydroxylation sites is 1. The monoisotopic (exact) mass is 334 g/mol. The summed E-state index contributed by atoms with van der Waals surface area (Å²) < 4.78 is 7.40. The maximum absolute atomic E-state index is 12.2. The third-order valence-corrected chi connectivity index (χ3v) is 4.14. The fraction of sp³-hybridized carbons (Fsp3) is 0.375. The van der Waals surface area contributed by atoms with Gasteiger partial charge in [-0.25, -0.2) is 4.68 Å². The molecule has 1 aromatic heterocycles. The van der Waals surface area contributed by atoms with E-state index in [0.717, 1.165) is 23.8 Å². The maximum atomic E-state index is 12.2. The molecule has 23 heavy (non-hydrogen) atoms. The third-order valence-electron chi connectivity index (χ3n) is 3.81. The number of carbonyl (C=O) groups excluding carboxylic acids is 1. The second-order valence-electron chi connectivity index (χ2n) is 5.48. The van der Waals surface area contributed by atoms with Gasteiger partial charge in [-0.05, 0) is 19.1 Å². The number of halogens is 1. The first-order valence-electron chi connectivity index (χ1n) is 7.52. The van der Waals surface area contributed by atoms with E-state index >= 15 is 0 Å². The zero-order valence-corrected chi connectivity index (χ0v) is 13.9. The number of hydrogen-bond acceptors (Lipinski definition) is 4. The Hall–Kier alpha value is -2.21. The van der Waals surface area contributed by atoms with Crippen molar-refractivity contribution in [1.82, 2.24) is 9.78 Å². The van der Waals surface area contributed by atoms with E-state index in [2.05, 4.69) is 15.3 Å². The van der Waals surface area contributed by atoms with Gasteiger partial charge < -0.3 is 15.0 Å². The summed E-state index contributed by atoms with van der Waals surface area (Å²) in [5.74, 6) is 0.702. The van der Waals surface area contributed by atoms with Gasteiger partial charge in [0.15, 0.2) is 0 Å². The summed E-state index contributed by atoms with van der Waals surface area (Å²) in [6.07, 6.45) is 0.374. The highest BCUT2D eigenvalue weighted by Crippen LogP contribution is 2.34. The molecular weight excluding hydrogens is 316 g/mol. The van der Waals surface area contributed by atoms with Crippen molar-refractivity contribution >= 4 is 28.9 Å². The number of hydrogen-bond donors (Lipinski definition) is 1. The van der Waals surface area contributed by atoms with Crippen LogP contribution in [-0.4, -0.2) is 35.4 Å². The molecule has 0 saturated carbocycles. The van der Waals surface area contributed by atoms with Gasteiger partial charge in [0.2, 0.25) is 11.8 Å². The second-order valence-corrected chi connectivity index (χ2v) is 5.88. The molecule has 2 aromatic rings. The van der Waals surface area contributed by atoms with Crippen LogP contribution in [0.4, 0.5) is 11.4 Å². The average Bonchev–Trinajstić information content (AvgIpc) is 2.83. The van der Waals surface area contributed by atoms with E-state index in [1.165, 1.54) is 0 Å². The van der Waals surface area contributed by atoms with E-state index in [1.807, 2.05) is 26.1 Å². The summed E-state index contributed by atoms with van der Waals surface area (Å²) in [5.41, 5.74) is 2.53. The number of aryl methyl sites for hydroxylation is 2. The lowest BCUT2D eigenvalue weighted by Gasteiger charge is -2.29. The first kappa shape index (κ1) is 15.7. The lowest BCUT2D eigenvalue weighted by Crippen LogP contribution is -2.35. The van der Waals surface area contributed by atoms with E-state index in [-0.39, 0.29) is 5.91 Å². The van der Waals surface area contributed by atoms with Crippen molar-refractivity contribution < 1.29 is 9.53 Å². The van der Waals surface area contributed by atoms with Gasteiger partial charge in [-0.2, -0.15) is 5.10 Å². The van der Waals surface area contributed by atoms with Crippen molar-refractivity contribution in [3.05, 3.63) is 35.0 Å². The number of amides is 1. The van der Waals surface area contributed by atoms with Gasteiger partial charge in [0.05, 0.1) is 22.9 Å². The molecule has 1 aliphatic heterocycles. The normalized spacial score (nSPS) is 13.4. The van der Waals surface area contributed by atoms with Crippen LogP contribution < -0.4 is 15.0 Å². The largest absolute Gasteiger partial charge is 0.474 e. The Balaban J connectivity index is 1.63. The number of aromatic nitrogens is 2. The molecule has 3 rings (SSSR count). The van der Waals surface area contributed by atoms with Crippen molar-refractivity contribution in [3.63, 3.8) is 0 Å². The minimum absolute atomic E-state index is 0.0623. The topological polar surface area (TPSA) is 59.4 Å². The van der Waals surface area contributed by atoms with Crippen molar-refractivity contribution in [1.29, 1.82) is 0 Å². The number of ether oxygens (including phenoxy) is 1. The Bertz CT molecular complexity index is 729. The summed E-state index contributed by atoms with van der Waals surface area (Å²) in [6.45, 7) is 3.90. The van der Waals surface area contributed by atoms with Gasteiger partial charge in [-0.1, -0.05) is 23.7 Å². The van der Waals surface area contributed by atoms with E-state index in [9.17, 15) is 4.79 Å². The predicted molar refractivity (Wildman–Crippen MR) is 90.4 cm³/mol. The molecule has 2 heterocycles. The van der Waals surface area contributed by atoms with Gasteiger partial charge >= 0.3 is 0 Å². The smallest absolute Gasteiger partial charge is 0.236 e. The molecule has 0 radical (unpaired) electrons. The standard InChI is InChI=1S/C16H19ClN4O2/c1-11-15-16(20(2)19-11)23-10-9-21(15)8-7-14(22)18-13-6-4-3-5-12(13)17/h3-6H,7-10H2,1-2H3,(H,18,22). The fourth-order valence-electron chi connectivity index (χ4n) is 2.75. The van der Waals surface area contributed by atoms with Crippen molar-refractivity contribution in [2.75, 3.05) is 29.9 Å². The number of benzene rings is 1. The molecule has 1 amide bonds. The molecule has 0 saturated heterocycles. The van der Waals surface area contributed by atoms with E-state index in [4.69, 9.17) is 16.3 Å². The highest BCUT2D eigenvalue weighted by molar-refractivity contribution is 6.33. The SMILES string of the molecule is Cc1nn(C)c2c1N(CCC(=O)Nc1ccccc1Cl)CCO2. The Morgan fingerprint density at radius 2 is 2.22 bits per heavy atom. The molecule has 0 bridgehead atoms. The third kappa shape index (κ3) is 3.27. The van der Waals surface area contributed by atoms with Gasteiger partial charge in [0, 0.05) is 20.0 Å². The molecule has 0 atom stereocenters. The number of carbonyl (C=O) groups is 1. The van der Waals surface area contributed by atoms with Gasteiger partial charge in [0.25, 0.3) is 0 Å². The molecule has 1 N–H and O–H groups in total. The lowest BCUT2D eigenvalue weighted by atomic mass is 10.2. The molecule has 0 fully saturated rings. The molecule has 0 spiro atoms. The number of anilines is 2. The molecule has 6 nitrogen and oxygen atoms in total. The molecule has 1 aromatic carbocycles. The van der Waals surface area contributed by atoms with Gasteiger partial charge in [0.1, 0.15) is 12.3 Å². The van der Waals surface area contributed by atoms with Crippen LogP contribution in [0.2, 0.25) is 5.02 Å². The van der Waals surface area contributed by atoms with Crippen LogP contribution in [-0.2, 0) is 11.8 Å². The minimum Gasteiger partial charge on any atom is -0.474 e. The Labute approximate surface area is 140 Å². The first-order valence-corrected chi connectivity index (χ1v) is 7.90. The number of nitrogens with zero attached hydrogens (tertiary/aromatic N) is 3. The number of fused-ring (bicyclic) bond motifs is 1. The quantitative estimate of drug-likeness (QED) is 0.933. The summed E-state index contributed by atoms with van der Waals surface area (Å²) in [7, 11) is 1.86. The molecular formula is C16H19ClN4O2. The van der Waals surface area contributed by atoms with Gasteiger partial charge in [-0.3, -0.25) is 4.79 Å². The van der Waals surface area contributed by atoms with E-state index in [0.29, 0.717) is 30.3 Å². The zero-order chi connectivity index (χ0) is 16.4. The average molecular weight is 335 g/mol. The number of nitrogens with one attached hydrogen (secondary N) is 1. The first-order chi connectivity index (χ1) is 11.1. The lowest BCUT2D eigenvalue weighted by molar-refractivity contribution is -0.116. The van der Waals surface area contributed by atoms with Crippen molar-refractivity contribution in [3.8, 4) is 5.88 Å². The van der Waals surface area contributed by atoms with Crippen LogP contribution in [0.1, 0.15) is 12.1 Å². The van der Waals surface area contributed by atoms with Crippen LogP contribution in [0.15, 0.2) is 24.3 Å². The van der Waals surface area contributed by atoms with E-state index in [1.54, 1.807) is 16.8 Å². The van der Waals surface area contributed by atoms with Crippen LogP contribution >= 0.6 is 11.6 Å². The van der Waals surface area contributed by atoms with Gasteiger partial charge in [-0.15, -0.1) is 0 Å². The van der Waals surface area contributed by atoms with Crippen LogP contribution in [0.5, 0.6) is 5.88 Å². The number of rotatable bonds is 4. The Morgan fingerprint density at radius 1 is 1.43 bits per heavy atom. The van der Waals surface area contributed by atoms with Crippen LogP contribution in [0, 0.1) is 6.92 Å². The molecule has 7 heteroatoms. The fourth-order valence-corrected chi connectivity index (χ4v) is 2.93. The highest BCUT2D eigenvalue weighted by atomic mass is 35.5. The predicted octanol–water partition coefficient (Wildman–Crippen LogP) is 2.61. The summed E-state index contributed by atoms with van der Waals surface area (Å²) >= 11 is 6.05.